The van der Waals surface area contributed by atoms with Crippen LogP contribution < -0.4 is 10.6 Å². The van der Waals surface area contributed by atoms with Crippen LogP contribution in [-0.4, -0.2) is 17.3 Å². The van der Waals surface area contributed by atoms with Crippen molar-refractivity contribution in [2.45, 2.75) is 37.6 Å². The first-order valence-electron chi connectivity index (χ1n) is 9.64. The van der Waals surface area contributed by atoms with Crippen molar-refractivity contribution in [1.82, 2.24) is 15.2 Å². The molecule has 6 heteroatoms. The lowest BCUT2D eigenvalue weighted by Crippen LogP contribution is -2.46. The first-order chi connectivity index (χ1) is 13.4. The van der Waals surface area contributed by atoms with Gasteiger partial charge in [-0.1, -0.05) is 30.3 Å². The van der Waals surface area contributed by atoms with Gasteiger partial charge in [-0.3, -0.25) is 5.32 Å². The van der Waals surface area contributed by atoms with Gasteiger partial charge < -0.3 is 9.88 Å². The molecule has 0 radical (unpaired) electrons. The predicted octanol–water partition coefficient (Wildman–Crippen LogP) is 4.98. The number of piperidine rings is 1. The van der Waals surface area contributed by atoms with Gasteiger partial charge in [-0.05, 0) is 55.1 Å². The van der Waals surface area contributed by atoms with E-state index in [9.17, 15) is 13.2 Å². The Bertz CT molecular complexity index is 938. The fraction of sp³-hybridized carbons (Fsp3) is 0.364. The van der Waals surface area contributed by atoms with Crippen LogP contribution in [0.4, 0.5) is 13.2 Å². The molecule has 0 aliphatic carbocycles. The van der Waals surface area contributed by atoms with Crippen LogP contribution in [0, 0.1) is 0 Å². The maximum absolute atomic E-state index is 13.0. The number of benzene rings is 2. The van der Waals surface area contributed by atoms with Crippen molar-refractivity contribution in [1.29, 1.82) is 0 Å². The minimum atomic E-state index is -4.33. The van der Waals surface area contributed by atoms with Crippen LogP contribution >= 0.6 is 0 Å². The average molecular weight is 387 g/mol. The average Bonchev–Trinajstić information content (AvgIpc) is 3.03. The molecule has 3 nitrogen and oxygen atoms in total. The molecule has 0 bridgehead atoms. The van der Waals surface area contributed by atoms with Crippen molar-refractivity contribution in [3.8, 4) is 0 Å². The Balaban J connectivity index is 1.75. The van der Waals surface area contributed by atoms with Gasteiger partial charge in [0.05, 0.1) is 17.8 Å². The van der Waals surface area contributed by atoms with Crippen molar-refractivity contribution in [2.75, 3.05) is 6.54 Å². The van der Waals surface area contributed by atoms with Crippen LogP contribution in [0.2, 0.25) is 0 Å². The molecule has 148 valence electrons. The van der Waals surface area contributed by atoms with E-state index in [0.717, 1.165) is 47.8 Å². The molecule has 2 aromatic carbocycles. The minimum Gasteiger partial charge on any atom is -0.350 e. The monoisotopic (exact) mass is 387 g/mol. The first-order valence-corrected chi connectivity index (χ1v) is 9.64. The summed E-state index contributed by atoms with van der Waals surface area (Å²) in [4.78, 5) is 0. The maximum Gasteiger partial charge on any atom is 0.416 e. The Hall–Kier alpha value is -2.31. The molecule has 2 N–H and O–H groups in total. The zero-order valence-electron chi connectivity index (χ0n) is 15.8. The Kier molecular flexibility index (Phi) is 5.17. The summed E-state index contributed by atoms with van der Waals surface area (Å²) in [5.74, 6) is 0. The van der Waals surface area contributed by atoms with Gasteiger partial charge >= 0.3 is 6.18 Å². The largest absolute Gasteiger partial charge is 0.416 e. The molecule has 0 saturated carbocycles. The van der Waals surface area contributed by atoms with Crippen LogP contribution in [0.25, 0.3) is 10.9 Å². The van der Waals surface area contributed by atoms with Gasteiger partial charge in [0.15, 0.2) is 0 Å². The van der Waals surface area contributed by atoms with Gasteiger partial charge in [0, 0.05) is 24.1 Å². The first kappa shape index (κ1) is 19.0. The zero-order chi connectivity index (χ0) is 19.7. The minimum absolute atomic E-state index is 0.139. The van der Waals surface area contributed by atoms with Crippen molar-refractivity contribution in [3.63, 3.8) is 0 Å². The third-order valence-corrected chi connectivity index (χ3v) is 5.49. The molecule has 28 heavy (non-hydrogen) atoms. The molecule has 0 amide bonds. The second-order valence-electron chi connectivity index (χ2n) is 7.43. The Labute approximate surface area is 162 Å². The number of rotatable bonds is 4. The molecule has 3 aromatic rings. The molecule has 2 heterocycles. The molecule has 2 unspecified atom stereocenters. The smallest absolute Gasteiger partial charge is 0.350 e. The molecule has 1 saturated heterocycles. The van der Waals surface area contributed by atoms with E-state index in [-0.39, 0.29) is 12.2 Å². The van der Waals surface area contributed by atoms with E-state index in [1.807, 2.05) is 19.2 Å². The summed E-state index contributed by atoms with van der Waals surface area (Å²) < 4.78 is 41.1. The molecule has 2 atom stereocenters. The van der Waals surface area contributed by atoms with E-state index in [4.69, 9.17) is 0 Å². The fourth-order valence-electron chi connectivity index (χ4n) is 4.03. The molecule has 1 aliphatic rings. The normalized spacial score (nSPS) is 19.1. The number of hydrogen-bond acceptors (Lipinski definition) is 2. The van der Waals surface area contributed by atoms with Crippen LogP contribution in [0.15, 0.2) is 54.7 Å². The number of para-hydroxylation sites is 1. The van der Waals surface area contributed by atoms with Crippen molar-refractivity contribution >= 4 is 10.9 Å². The topological polar surface area (TPSA) is 29.0 Å². The van der Waals surface area contributed by atoms with Crippen molar-refractivity contribution < 1.29 is 13.2 Å². The van der Waals surface area contributed by atoms with Gasteiger partial charge in [0.25, 0.3) is 0 Å². The summed E-state index contributed by atoms with van der Waals surface area (Å²) in [6, 6.07) is 13.4. The highest BCUT2D eigenvalue weighted by Gasteiger charge is 2.31. The van der Waals surface area contributed by atoms with Crippen LogP contribution in [-0.2, 0) is 13.2 Å². The maximum atomic E-state index is 13.0. The van der Waals surface area contributed by atoms with Crippen LogP contribution in [0.3, 0.4) is 0 Å². The van der Waals surface area contributed by atoms with E-state index in [0.29, 0.717) is 0 Å². The quantitative estimate of drug-likeness (QED) is 0.661. The van der Waals surface area contributed by atoms with E-state index in [1.54, 1.807) is 12.1 Å². The predicted molar refractivity (Wildman–Crippen MR) is 105 cm³/mol. The lowest BCUT2D eigenvalue weighted by atomic mass is 9.96. The second kappa shape index (κ2) is 7.60. The van der Waals surface area contributed by atoms with Gasteiger partial charge in [0.2, 0.25) is 0 Å². The molecular weight excluding hydrogens is 363 g/mol. The third kappa shape index (κ3) is 3.80. The molecule has 1 fully saturated rings. The summed E-state index contributed by atoms with van der Waals surface area (Å²) in [6.07, 6.45) is 1.17. The van der Waals surface area contributed by atoms with Crippen LogP contribution in [0.5, 0.6) is 0 Å². The molecule has 1 aliphatic heterocycles. The molecule has 0 spiro atoms. The van der Waals surface area contributed by atoms with Gasteiger partial charge in [-0.15, -0.1) is 0 Å². The number of nitrogens with one attached hydrogen (secondary N) is 2. The Morgan fingerprint density at radius 3 is 2.50 bits per heavy atom. The summed E-state index contributed by atoms with van der Waals surface area (Å²) in [5, 5.41) is 8.24. The highest BCUT2D eigenvalue weighted by atomic mass is 19.4. The SMILES string of the molecule is Cn1cc(C(NC2CCCCN2)c2ccc(C(F)(F)F)cc2)c2ccccc21. The number of nitrogens with zero attached hydrogens (tertiary/aromatic N) is 1. The Morgan fingerprint density at radius 1 is 1.07 bits per heavy atom. The number of hydrogen-bond donors (Lipinski definition) is 2. The third-order valence-electron chi connectivity index (χ3n) is 5.49. The lowest BCUT2D eigenvalue weighted by Gasteiger charge is -2.30. The van der Waals surface area contributed by atoms with E-state index < -0.39 is 11.7 Å². The van der Waals surface area contributed by atoms with Crippen LogP contribution in [0.1, 0.15) is 42.0 Å². The van der Waals surface area contributed by atoms with E-state index in [2.05, 4.69) is 33.5 Å². The fourth-order valence-corrected chi connectivity index (χ4v) is 4.03. The molecular formula is C22H24F3N3. The van der Waals surface area contributed by atoms with E-state index in [1.165, 1.54) is 12.1 Å². The number of aromatic nitrogens is 1. The Morgan fingerprint density at radius 2 is 1.82 bits per heavy atom. The lowest BCUT2D eigenvalue weighted by molar-refractivity contribution is -0.137. The van der Waals surface area contributed by atoms with Gasteiger partial charge in [-0.25, -0.2) is 0 Å². The number of alkyl halides is 3. The van der Waals surface area contributed by atoms with Crippen molar-refractivity contribution in [2.24, 2.45) is 7.05 Å². The molecule has 4 rings (SSSR count). The number of halogens is 3. The van der Waals surface area contributed by atoms with Crippen molar-refractivity contribution in [3.05, 3.63) is 71.4 Å². The number of fused-ring (bicyclic) bond motifs is 1. The van der Waals surface area contributed by atoms with Gasteiger partial charge in [-0.2, -0.15) is 13.2 Å². The van der Waals surface area contributed by atoms with E-state index >= 15 is 0 Å². The summed E-state index contributed by atoms with van der Waals surface area (Å²) in [5.41, 5.74) is 2.39. The summed E-state index contributed by atoms with van der Waals surface area (Å²) >= 11 is 0. The zero-order valence-corrected chi connectivity index (χ0v) is 15.8. The second-order valence-corrected chi connectivity index (χ2v) is 7.43. The molecule has 1 aromatic heterocycles. The summed E-state index contributed by atoms with van der Waals surface area (Å²) in [7, 11) is 1.99. The standard InChI is InChI=1S/C22H24F3N3/c1-28-14-18(17-6-2-3-7-19(17)28)21(27-20-8-4-5-13-26-20)15-9-11-16(12-10-15)22(23,24)25/h2-3,6-7,9-12,14,20-21,26-27H,4-5,8,13H2,1H3. The highest BCUT2D eigenvalue weighted by Crippen LogP contribution is 2.34. The highest BCUT2D eigenvalue weighted by molar-refractivity contribution is 5.84. The number of aryl methyl sites for hydroxylation is 1. The van der Waals surface area contributed by atoms with Gasteiger partial charge in [0.1, 0.15) is 0 Å². The summed E-state index contributed by atoms with van der Waals surface area (Å²) in [6.45, 7) is 0.951.